The van der Waals surface area contributed by atoms with Crippen molar-refractivity contribution >= 4 is 10.8 Å². The van der Waals surface area contributed by atoms with E-state index in [9.17, 15) is 0 Å². The second-order valence-electron chi connectivity index (χ2n) is 13.9. The highest BCUT2D eigenvalue weighted by Gasteiger charge is 2.51. The summed E-state index contributed by atoms with van der Waals surface area (Å²) in [5.74, 6) is 2.39. The lowest BCUT2D eigenvalue weighted by molar-refractivity contribution is 0.436. The Hall–Kier alpha value is -7.28. The van der Waals surface area contributed by atoms with E-state index >= 15 is 0 Å². The van der Waals surface area contributed by atoms with Gasteiger partial charge in [0.1, 0.15) is 11.5 Å². The molecule has 0 atom stereocenters. The van der Waals surface area contributed by atoms with E-state index in [2.05, 4.69) is 176 Å². The van der Waals surface area contributed by atoms with Crippen LogP contribution in [0.3, 0.4) is 0 Å². The lowest BCUT2D eigenvalue weighted by atomic mass is 9.66. The maximum Gasteiger partial charge on any atom is 0.161 e. The number of hydrogen-bond acceptors (Lipinski definition) is 3. The predicted octanol–water partition coefficient (Wildman–Crippen LogP) is 12.4. The molecule has 0 bridgehead atoms. The molecular weight excluding hydrogens is 657 g/mol. The van der Waals surface area contributed by atoms with Gasteiger partial charge in [0, 0.05) is 27.8 Å². The van der Waals surface area contributed by atoms with Gasteiger partial charge in [-0.05, 0) is 92.7 Å². The van der Waals surface area contributed by atoms with Gasteiger partial charge in [-0.2, -0.15) is 0 Å². The van der Waals surface area contributed by atoms with Gasteiger partial charge in [-0.3, -0.25) is 0 Å². The molecule has 1 aliphatic carbocycles. The summed E-state index contributed by atoms with van der Waals surface area (Å²) in [5.41, 5.74) is 13.6. The second kappa shape index (κ2) is 11.9. The zero-order valence-corrected chi connectivity index (χ0v) is 29.1. The first-order valence-electron chi connectivity index (χ1n) is 18.2. The maximum atomic E-state index is 6.58. The van der Waals surface area contributed by atoms with Gasteiger partial charge in [0.15, 0.2) is 5.82 Å². The first-order chi connectivity index (χ1) is 26.8. The smallest absolute Gasteiger partial charge is 0.161 e. The number of aromatic nitrogens is 2. The van der Waals surface area contributed by atoms with Crippen LogP contribution in [0.5, 0.6) is 11.5 Å². The standard InChI is InChI=1S/C51H30N2O/c1-2-15-34(16-3-1)50-52-46(36-19-12-18-35(30-36)39-22-13-17-33-14-4-5-20-38(33)39)32-47(53-50)37-28-29-41-40-21-6-7-23-42(40)51(45(41)31-37)43-24-8-10-26-48(43)54-49-27-11-9-25-44(49)51/h2,4-32H. The number of nitrogens with zero attached hydrogens (tertiary/aromatic N) is 2. The molecule has 1 aliphatic heterocycles. The highest BCUT2D eigenvalue weighted by Crippen LogP contribution is 2.62. The van der Waals surface area contributed by atoms with Crippen LogP contribution in [-0.2, 0) is 5.41 Å². The number of rotatable bonds is 4. The minimum absolute atomic E-state index is 0.566. The van der Waals surface area contributed by atoms with Crippen LogP contribution in [-0.4, -0.2) is 9.97 Å². The van der Waals surface area contributed by atoms with Gasteiger partial charge in [0.25, 0.3) is 0 Å². The number of hydrogen-bond donors (Lipinski definition) is 0. The van der Waals surface area contributed by atoms with Crippen molar-refractivity contribution in [1.29, 1.82) is 0 Å². The molecule has 2 aliphatic rings. The minimum atomic E-state index is -0.566. The molecule has 0 amide bonds. The van der Waals surface area contributed by atoms with Gasteiger partial charge < -0.3 is 4.74 Å². The molecule has 0 N–H and O–H groups in total. The number of ether oxygens (including phenoxy) is 1. The number of para-hydroxylation sites is 2. The van der Waals surface area contributed by atoms with Crippen LogP contribution < -0.4 is 4.74 Å². The molecule has 11 rings (SSSR count). The topological polar surface area (TPSA) is 35.0 Å². The highest BCUT2D eigenvalue weighted by molar-refractivity contribution is 5.97. The summed E-state index contributed by atoms with van der Waals surface area (Å²) in [5, 5.41) is 2.44. The fourth-order valence-electron chi connectivity index (χ4n) is 8.70. The lowest BCUT2D eigenvalue weighted by Gasteiger charge is -2.39. The van der Waals surface area contributed by atoms with Gasteiger partial charge in [0.05, 0.1) is 16.8 Å². The normalized spacial score (nSPS) is 13.0. The highest BCUT2D eigenvalue weighted by atomic mass is 16.5. The van der Waals surface area contributed by atoms with Crippen molar-refractivity contribution in [2.24, 2.45) is 0 Å². The molecule has 9 aromatic rings. The first kappa shape index (κ1) is 30.4. The molecule has 1 aromatic heterocycles. The van der Waals surface area contributed by atoms with E-state index in [1.54, 1.807) is 0 Å². The molecule has 3 nitrogen and oxygen atoms in total. The average Bonchev–Trinajstić information content (AvgIpc) is 3.53. The van der Waals surface area contributed by atoms with Crippen LogP contribution in [0, 0.1) is 12.1 Å². The van der Waals surface area contributed by atoms with Gasteiger partial charge >= 0.3 is 0 Å². The Morgan fingerprint density at radius 1 is 0.426 bits per heavy atom. The monoisotopic (exact) mass is 686 g/mol. The van der Waals surface area contributed by atoms with E-state index in [1.165, 1.54) is 38.6 Å². The Bertz CT molecular complexity index is 2880. The van der Waals surface area contributed by atoms with Crippen LogP contribution >= 0.6 is 0 Å². The maximum absolute atomic E-state index is 6.58. The van der Waals surface area contributed by atoms with Crippen LogP contribution in [0.4, 0.5) is 0 Å². The molecule has 3 heteroatoms. The molecule has 8 aromatic carbocycles. The third-order valence-electron chi connectivity index (χ3n) is 11.0. The van der Waals surface area contributed by atoms with E-state index in [0.29, 0.717) is 5.82 Å². The Balaban J connectivity index is 1.13. The summed E-state index contributed by atoms with van der Waals surface area (Å²) in [7, 11) is 0. The van der Waals surface area contributed by atoms with E-state index in [-0.39, 0.29) is 0 Å². The summed E-state index contributed by atoms with van der Waals surface area (Å²) in [6, 6.07) is 70.3. The first-order valence-corrected chi connectivity index (χ1v) is 18.2. The Morgan fingerprint density at radius 3 is 1.85 bits per heavy atom. The van der Waals surface area contributed by atoms with Crippen LogP contribution in [0.25, 0.3) is 66.9 Å². The fourth-order valence-corrected chi connectivity index (χ4v) is 8.70. The Labute approximate surface area is 313 Å². The van der Waals surface area contributed by atoms with Crippen LogP contribution in [0.15, 0.2) is 182 Å². The zero-order chi connectivity index (χ0) is 35.6. The van der Waals surface area contributed by atoms with Crippen LogP contribution in [0.1, 0.15) is 22.3 Å². The van der Waals surface area contributed by atoms with E-state index < -0.39 is 5.41 Å². The predicted molar refractivity (Wildman–Crippen MR) is 216 cm³/mol. The average molecular weight is 687 g/mol. The van der Waals surface area contributed by atoms with Crippen molar-refractivity contribution in [1.82, 2.24) is 9.97 Å². The Morgan fingerprint density at radius 2 is 1.06 bits per heavy atom. The SMILES string of the molecule is c1ccc(-c2nc(-c3cccc(-c4cccc5ccccc45)c3)cc(-c3ccc4c(c3)C3(c5ccccc5Oc5ccccc53)c3ccccc3-4)n2)cc#1. The van der Waals surface area contributed by atoms with Crippen molar-refractivity contribution in [3.8, 4) is 67.7 Å². The molecule has 0 radical (unpaired) electrons. The van der Waals surface area contributed by atoms with Crippen molar-refractivity contribution in [2.45, 2.75) is 5.41 Å². The van der Waals surface area contributed by atoms with E-state index in [0.717, 1.165) is 56.3 Å². The van der Waals surface area contributed by atoms with Gasteiger partial charge in [-0.25, -0.2) is 9.97 Å². The van der Waals surface area contributed by atoms with Crippen molar-refractivity contribution in [3.05, 3.63) is 216 Å². The van der Waals surface area contributed by atoms with E-state index in [4.69, 9.17) is 14.7 Å². The minimum Gasteiger partial charge on any atom is -0.457 e. The third-order valence-corrected chi connectivity index (χ3v) is 11.0. The largest absolute Gasteiger partial charge is 0.457 e. The summed E-state index contributed by atoms with van der Waals surface area (Å²) in [4.78, 5) is 10.4. The van der Waals surface area contributed by atoms with Crippen LogP contribution in [0.2, 0.25) is 0 Å². The van der Waals surface area contributed by atoms with Crippen molar-refractivity contribution < 1.29 is 4.74 Å². The molecule has 250 valence electrons. The van der Waals surface area contributed by atoms with Crippen molar-refractivity contribution in [2.75, 3.05) is 0 Å². The Kier molecular flexibility index (Phi) is 6.68. The quantitative estimate of drug-likeness (QED) is 0.185. The molecule has 2 heterocycles. The molecule has 0 saturated carbocycles. The molecular formula is C51H30N2O. The number of fused-ring (bicyclic) bond motifs is 10. The van der Waals surface area contributed by atoms with Crippen molar-refractivity contribution in [3.63, 3.8) is 0 Å². The molecule has 0 saturated heterocycles. The van der Waals surface area contributed by atoms with Gasteiger partial charge in [0.2, 0.25) is 0 Å². The summed E-state index contributed by atoms with van der Waals surface area (Å²) in [6.45, 7) is 0. The zero-order valence-electron chi connectivity index (χ0n) is 29.1. The second-order valence-corrected chi connectivity index (χ2v) is 13.9. The fraction of sp³-hybridized carbons (Fsp3) is 0.0196. The lowest BCUT2D eigenvalue weighted by Crippen LogP contribution is -2.32. The summed E-state index contributed by atoms with van der Waals surface area (Å²) in [6.07, 6.45) is 0. The molecule has 0 unspecified atom stereocenters. The number of benzene rings is 7. The van der Waals surface area contributed by atoms with Gasteiger partial charge in [-0.15, -0.1) is 0 Å². The summed E-state index contributed by atoms with van der Waals surface area (Å²) >= 11 is 0. The molecule has 0 fully saturated rings. The third kappa shape index (κ3) is 4.51. The molecule has 54 heavy (non-hydrogen) atoms. The van der Waals surface area contributed by atoms with E-state index in [1.807, 2.05) is 18.2 Å². The summed E-state index contributed by atoms with van der Waals surface area (Å²) < 4.78 is 6.58. The van der Waals surface area contributed by atoms with Gasteiger partial charge in [-0.1, -0.05) is 146 Å². The molecule has 1 spiro atoms.